The van der Waals surface area contributed by atoms with Crippen LogP contribution in [0.2, 0.25) is 0 Å². The molecule has 12 heavy (non-hydrogen) atoms. The summed E-state index contributed by atoms with van der Waals surface area (Å²) in [4.78, 5) is 0. The van der Waals surface area contributed by atoms with Crippen LogP contribution in [0.3, 0.4) is 0 Å². The Labute approximate surface area is 71.6 Å². The number of aromatic nitrogens is 2. The van der Waals surface area contributed by atoms with E-state index in [0.717, 1.165) is 19.4 Å². The fraction of sp³-hybridized carbons (Fsp3) is 0.500. The van der Waals surface area contributed by atoms with Crippen LogP contribution < -0.4 is 5.73 Å². The fourth-order valence-corrected chi connectivity index (χ4v) is 0.980. The molecule has 1 rings (SSSR count). The molecular formula is C8H12N4. The number of hydrogen-bond donors (Lipinski definition) is 1. The summed E-state index contributed by atoms with van der Waals surface area (Å²) in [5.41, 5.74) is 6.16. The molecule has 1 aromatic rings. The number of unbranched alkanes of at least 4 members (excludes halogenated alkanes) is 2. The highest BCUT2D eigenvalue weighted by molar-refractivity contribution is 5.30. The largest absolute Gasteiger partial charge is 0.396 e. The molecule has 0 aromatic carbocycles. The van der Waals surface area contributed by atoms with Crippen LogP contribution in [0.15, 0.2) is 12.4 Å². The van der Waals surface area contributed by atoms with Crippen molar-refractivity contribution in [2.75, 3.05) is 5.73 Å². The number of nitrogen functional groups attached to an aromatic ring is 1. The third-order valence-electron chi connectivity index (χ3n) is 1.58. The van der Waals surface area contributed by atoms with Gasteiger partial charge in [-0.05, 0) is 12.8 Å². The highest BCUT2D eigenvalue weighted by atomic mass is 15.3. The summed E-state index contributed by atoms with van der Waals surface area (Å²) >= 11 is 0. The Bertz CT molecular complexity index is 271. The molecule has 0 saturated heterocycles. The van der Waals surface area contributed by atoms with E-state index in [2.05, 4.69) is 11.2 Å². The zero-order chi connectivity index (χ0) is 8.81. The monoisotopic (exact) mass is 164 g/mol. The van der Waals surface area contributed by atoms with Crippen molar-refractivity contribution >= 4 is 5.69 Å². The zero-order valence-corrected chi connectivity index (χ0v) is 6.90. The van der Waals surface area contributed by atoms with Gasteiger partial charge in [-0.2, -0.15) is 10.4 Å². The van der Waals surface area contributed by atoms with Crippen molar-refractivity contribution in [1.82, 2.24) is 9.78 Å². The molecule has 4 nitrogen and oxygen atoms in total. The fourth-order valence-electron chi connectivity index (χ4n) is 0.980. The molecule has 2 N–H and O–H groups in total. The molecular weight excluding hydrogens is 152 g/mol. The first kappa shape index (κ1) is 8.60. The maximum Gasteiger partial charge on any atom is 0.0719 e. The lowest BCUT2D eigenvalue weighted by Gasteiger charge is -1.97. The third kappa shape index (κ3) is 2.62. The first-order valence-electron chi connectivity index (χ1n) is 3.98. The van der Waals surface area contributed by atoms with Gasteiger partial charge in [-0.15, -0.1) is 0 Å². The lowest BCUT2D eigenvalue weighted by molar-refractivity contribution is 0.562. The minimum absolute atomic E-state index is 0.622. The minimum atomic E-state index is 0.622. The van der Waals surface area contributed by atoms with Crippen molar-refractivity contribution in [2.45, 2.75) is 25.8 Å². The van der Waals surface area contributed by atoms with Gasteiger partial charge in [0.1, 0.15) is 0 Å². The van der Waals surface area contributed by atoms with E-state index in [9.17, 15) is 0 Å². The van der Waals surface area contributed by atoms with E-state index in [-0.39, 0.29) is 0 Å². The second-order valence-electron chi connectivity index (χ2n) is 2.65. The predicted octanol–water partition coefficient (Wildman–Crippen LogP) is 1.16. The van der Waals surface area contributed by atoms with Gasteiger partial charge in [0.2, 0.25) is 0 Å². The Kier molecular flexibility index (Phi) is 3.15. The van der Waals surface area contributed by atoms with Crippen LogP contribution in [0.5, 0.6) is 0 Å². The predicted molar refractivity (Wildman–Crippen MR) is 46.1 cm³/mol. The molecule has 0 saturated carbocycles. The van der Waals surface area contributed by atoms with Crippen molar-refractivity contribution in [3.05, 3.63) is 12.4 Å². The minimum Gasteiger partial charge on any atom is -0.396 e. The highest BCUT2D eigenvalue weighted by Crippen LogP contribution is 2.01. The van der Waals surface area contributed by atoms with E-state index < -0.39 is 0 Å². The standard InChI is InChI=1S/C8H12N4/c9-4-2-1-3-5-12-7-8(10)6-11-12/h6-7H,1-3,5,10H2. The third-order valence-corrected chi connectivity index (χ3v) is 1.58. The summed E-state index contributed by atoms with van der Waals surface area (Å²) in [7, 11) is 0. The van der Waals surface area contributed by atoms with Crippen LogP contribution >= 0.6 is 0 Å². The first-order valence-corrected chi connectivity index (χ1v) is 3.98. The number of anilines is 1. The first-order chi connectivity index (χ1) is 5.83. The van der Waals surface area contributed by atoms with Crippen LogP contribution in [-0.4, -0.2) is 9.78 Å². The molecule has 0 amide bonds. The van der Waals surface area contributed by atoms with E-state index in [4.69, 9.17) is 11.0 Å². The number of aryl methyl sites for hydroxylation is 1. The summed E-state index contributed by atoms with van der Waals surface area (Å²) in [6.07, 6.45) is 5.96. The summed E-state index contributed by atoms with van der Waals surface area (Å²) < 4.78 is 1.80. The van der Waals surface area contributed by atoms with Gasteiger partial charge < -0.3 is 5.73 Å². The van der Waals surface area contributed by atoms with Gasteiger partial charge in [-0.1, -0.05) is 0 Å². The lowest BCUT2D eigenvalue weighted by atomic mass is 10.2. The second kappa shape index (κ2) is 4.39. The van der Waals surface area contributed by atoms with Gasteiger partial charge >= 0.3 is 0 Å². The number of nitrogens with zero attached hydrogens (tertiary/aromatic N) is 3. The van der Waals surface area contributed by atoms with Gasteiger partial charge in [0.25, 0.3) is 0 Å². The van der Waals surface area contributed by atoms with Gasteiger partial charge in [0, 0.05) is 19.2 Å². The van der Waals surface area contributed by atoms with Crippen LogP contribution in [-0.2, 0) is 6.54 Å². The Balaban J connectivity index is 2.21. The molecule has 4 heteroatoms. The molecule has 0 aliphatic carbocycles. The topological polar surface area (TPSA) is 67.6 Å². The quantitative estimate of drug-likeness (QED) is 0.679. The van der Waals surface area contributed by atoms with Crippen LogP contribution in [0.25, 0.3) is 0 Å². The Morgan fingerprint density at radius 3 is 3.00 bits per heavy atom. The number of nitriles is 1. The lowest BCUT2D eigenvalue weighted by Crippen LogP contribution is -1.97. The summed E-state index contributed by atoms with van der Waals surface area (Å²) in [6, 6.07) is 2.10. The molecule has 0 aliphatic rings. The molecule has 0 aliphatic heterocycles. The zero-order valence-electron chi connectivity index (χ0n) is 6.90. The number of hydrogen-bond acceptors (Lipinski definition) is 3. The van der Waals surface area contributed by atoms with Crippen molar-refractivity contribution in [1.29, 1.82) is 5.26 Å². The van der Waals surface area contributed by atoms with Crippen LogP contribution in [0.1, 0.15) is 19.3 Å². The Morgan fingerprint density at radius 1 is 1.58 bits per heavy atom. The van der Waals surface area contributed by atoms with E-state index in [1.165, 1.54) is 0 Å². The average molecular weight is 164 g/mol. The number of nitrogens with two attached hydrogens (primary N) is 1. The Hall–Kier alpha value is -1.50. The average Bonchev–Trinajstić information content (AvgIpc) is 2.45. The van der Waals surface area contributed by atoms with E-state index in [1.54, 1.807) is 17.1 Å². The van der Waals surface area contributed by atoms with Gasteiger partial charge in [-0.3, -0.25) is 4.68 Å². The SMILES string of the molecule is N#CCCCCn1cc(N)cn1. The van der Waals surface area contributed by atoms with Gasteiger partial charge in [-0.25, -0.2) is 0 Å². The normalized spacial score (nSPS) is 9.58. The maximum absolute atomic E-state index is 8.28. The van der Waals surface area contributed by atoms with Gasteiger partial charge in [0.15, 0.2) is 0 Å². The number of rotatable bonds is 4. The van der Waals surface area contributed by atoms with E-state index in [0.29, 0.717) is 12.1 Å². The second-order valence-corrected chi connectivity index (χ2v) is 2.65. The smallest absolute Gasteiger partial charge is 0.0719 e. The molecule has 64 valence electrons. The molecule has 0 radical (unpaired) electrons. The summed E-state index contributed by atoms with van der Waals surface area (Å²) in [6.45, 7) is 0.846. The molecule has 1 aromatic heterocycles. The van der Waals surface area contributed by atoms with Gasteiger partial charge in [0.05, 0.1) is 18.0 Å². The van der Waals surface area contributed by atoms with Crippen LogP contribution in [0, 0.1) is 11.3 Å². The molecule has 0 spiro atoms. The summed E-state index contributed by atoms with van der Waals surface area (Å²) in [5, 5.41) is 12.3. The van der Waals surface area contributed by atoms with Crippen molar-refractivity contribution in [2.24, 2.45) is 0 Å². The van der Waals surface area contributed by atoms with Crippen molar-refractivity contribution in [3.8, 4) is 6.07 Å². The van der Waals surface area contributed by atoms with Crippen molar-refractivity contribution < 1.29 is 0 Å². The maximum atomic E-state index is 8.28. The van der Waals surface area contributed by atoms with E-state index >= 15 is 0 Å². The molecule has 0 atom stereocenters. The molecule has 0 fully saturated rings. The Morgan fingerprint density at radius 2 is 2.42 bits per heavy atom. The van der Waals surface area contributed by atoms with Crippen molar-refractivity contribution in [3.63, 3.8) is 0 Å². The molecule has 0 unspecified atom stereocenters. The molecule has 0 bridgehead atoms. The molecule has 1 heterocycles. The van der Waals surface area contributed by atoms with E-state index in [1.807, 2.05) is 0 Å². The highest BCUT2D eigenvalue weighted by Gasteiger charge is 1.93. The summed E-state index contributed by atoms with van der Waals surface area (Å²) in [5.74, 6) is 0. The van der Waals surface area contributed by atoms with Crippen LogP contribution in [0.4, 0.5) is 5.69 Å².